The molecule has 1 heterocycles. The molecule has 9 nitrogen and oxygen atoms in total. The summed E-state index contributed by atoms with van der Waals surface area (Å²) in [7, 11) is 0. The number of anilines is 3. The molecule has 9 heteroatoms. The van der Waals surface area contributed by atoms with E-state index in [2.05, 4.69) is 20.6 Å². The van der Waals surface area contributed by atoms with Crippen LogP contribution >= 0.6 is 0 Å². The molecule has 1 unspecified atom stereocenters. The van der Waals surface area contributed by atoms with E-state index in [0.717, 1.165) is 5.56 Å². The zero-order chi connectivity index (χ0) is 21.5. The van der Waals surface area contributed by atoms with Crippen molar-refractivity contribution in [3.63, 3.8) is 0 Å². The van der Waals surface area contributed by atoms with Crippen LogP contribution in [0.25, 0.3) is 0 Å². The highest BCUT2D eigenvalue weighted by atomic mass is 16.6. The van der Waals surface area contributed by atoms with Gasteiger partial charge in [-0.05, 0) is 31.5 Å². The van der Waals surface area contributed by atoms with Crippen molar-refractivity contribution in [2.45, 2.75) is 19.9 Å². The van der Waals surface area contributed by atoms with Crippen LogP contribution in [0.2, 0.25) is 0 Å². The largest absolute Gasteiger partial charge is 0.462 e. The summed E-state index contributed by atoms with van der Waals surface area (Å²) in [4.78, 5) is 31.6. The summed E-state index contributed by atoms with van der Waals surface area (Å²) in [6.07, 6.45) is 1.22. The van der Waals surface area contributed by atoms with E-state index < -0.39 is 10.9 Å². The van der Waals surface area contributed by atoms with Crippen LogP contribution < -0.4 is 10.6 Å². The molecule has 2 aromatic carbocycles. The number of benzene rings is 2. The molecule has 3 rings (SSSR count). The number of nitro groups is 1. The van der Waals surface area contributed by atoms with Gasteiger partial charge in [0.25, 0.3) is 0 Å². The lowest BCUT2D eigenvalue weighted by Crippen LogP contribution is -2.13. The number of nitrogens with zero attached hydrogens (tertiary/aromatic N) is 3. The highest BCUT2D eigenvalue weighted by molar-refractivity contribution is 5.96. The van der Waals surface area contributed by atoms with Crippen LogP contribution in [0.1, 0.15) is 35.8 Å². The number of nitrogens with one attached hydrogen (secondary N) is 2. The van der Waals surface area contributed by atoms with Crippen LogP contribution in [0.5, 0.6) is 0 Å². The van der Waals surface area contributed by atoms with Gasteiger partial charge in [-0.15, -0.1) is 0 Å². The summed E-state index contributed by atoms with van der Waals surface area (Å²) in [5.41, 5.74) is 1.23. The summed E-state index contributed by atoms with van der Waals surface area (Å²) < 4.78 is 5.05. The molecule has 1 aromatic heterocycles. The lowest BCUT2D eigenvalue weighted by atomic mass is 10.1. The topological polar surface area (TPSA) is 119 Å². The normalized spacial score (nSPS) is 11.4. The Bertz CT molecular complexity index is 1040. The predicted octanol–water partition coefficient (Wildman–Crippen LogP) is 4.48. The molecule has 2 N–H and O–H groups in total. The van der Waals surface area contributed by atoms with Crippen molar-refractivity contribution < 1.29 is 14.5 Å². The van der Waals surface area contributed by atoms with Gasteiger partial charge in [-0.2, -0.15) is 0 Å². The second-order valence-corrected chi connectivity index (χ2v) is 6.34. The fraction of sp³-hybridized carbons (Fsp3) is 0.190. The lowest BCUT2D eigenvalue weighted by Gasteiger charge is -2.16. The molecule has 3 aromatic rings. The Hall–Kier alpha value is -4.01. The second kappa shape index (κ2) is 9.46. The SMILES string of the molecule is CCOC(=O)c1ccccc1Nc1ncnc(NC(C)c2ccccc2)c1[N+](=O)[O-]. The molecule has 0 amide bonds. The maximum atomic E-state index is 12.2. The highest BCUT2D eigenvalue weighted by Crippen LogP contribution is 2.34. The number of esters is 1. The minimum atomic E-state index is -0.560. The van der Waals surface area contributed by atoms with E-state index in [0.29, 0.717) is 5.69 Å². The summed E-state index contributed by atoms with van der Waals surface area (Å²) in [6, 6.07) is 15.9. The third-order valence-electron chi connectivity index (χ3n) is 4.33. The van der Waals surface area contributed by atoms with Crippen LogP contribution in [0, 0.1) is 10.1 Å². The molecule has 154 valence electrons. The van der Waals surface area contributed by atoms with E-state index >= 15 is 0 Å². The van der Waals surface area contributed by atoms with Crippen LogP contribution in [-0.4, -0.2) is 27.5 Å². The van der Waals surface area contributed by atoms with Crippen molar-refractivity contribution in [3.05, 3.63) is 82.2 Å². The Morgan fingerprint density at radius 2 is 1.77 bits per heavy atom. The molecular formula is C21H21N5O4. The van der Waals surface area contributed by atoms with E-state index in [9.17, 15) is 14.9 Å². The van der Waals surface area contributed by atoms with E-state index in [4.69, 9.17) is 4.74 Å². The van der Waals surface area contributed by atoms with Gasteiger partial charge in [0.1, 0.15) is 6.33 Å². The lowest BCUT2D eigenvalue weighted by molar-refractivity contribution is -0.383. The zero-order valence-electron chi connectivity index (χ0n) is 16.5. The van der Waals surface area contributed by atoms with Gasteiger partial charge >= 0.3 is 11.7 Å². The van der Waals surface area contributed by atoms with Crippen LogP contribution in [-0.2, 0) is 4.74 Å². The first-order chi connectivity index (χ1) is 14.5. The maximum Gasteiger partial charge on any atom is 0.353 e. The summed E-state index contributed by atoms with van der Waals surface area (Å²) in [6.45, 7) is 3.80. The number of carbonyl (C=O) groups excluding carboxylic acids is 1. The van der Waals surface area contributed by atoms with E-state index in [1.165, 1.54) is 6.33 Å². The van der Waals surface area contributed by atoms with E-state index in [1.807, 2.05) is 37.3 Å². The maximum absolute atomic E-state index is 12.2. The van der Waals surface area contributed by atoms with Gasteiger partial charge in [0, 0.05) is 0 Å². The Morgan fingerprint density at radius 3 is 2.47 bits per heavy atom. The predicted molar refractivity (Wildman–Crippen MR) is 113 cm³/mol. The Balaban J connectivity index is 1.95. The van der Waals surface area contributed by atoms with Gasteiger partial charge in [0.15, 0.2) is 0 Å². The van der Waals surface area contributed by atoms with Crippen molar-refractivity contribution in [2.24, 2.45) is 0 Å². The fourth-order valence-corrected chi connectivity index (χ4v) is 2.89. The van der Waals surface area contributed by atoms with Crippen LogP contribution in [0.3, 0.4) is 0 Å². The van der Waals surface area contributed by atoms with Gasteiger partial charge in [-0.25, -0.2) is 14.8 Å². The van der Waals surface area contributed by atoms with Gasteiger partial charge in [-0.1, -0.05) is 42.5 Å². The molecule has 0 aliphatic heterocycles. The molecule has 0 spiro atoms. The molecule has 30 heavy (non-hydrogen) atoms. The third kappa shape index (κ3) is 4.69. The molecule has 0 saturated heterocycles. The number of hydrogen-bond donors (Lipinski definition) is 2. The van der Waals surface area contributed by atoms with Crippen molar-refractivity contribution >= 4 is 29.0 Å². The zero-order valence-corrected chi connectivity index (χ0v) is 16.5. The fourth-order valence-electron chi connectivity index (χ4n) is 2.89. The quantitative estimate of drug-likeness (QED) is 0.319. The summed E-state index contributed by atoms with van der Waals surface area (Å²) in [5, 5.41) is 17.8. The number of ether oxygens (including phenoxy) is 1. The molecule has 0 bridgehead atoms. The molecular weight excluding hydrogens is 386 g/mol. The Morgan fingerprint density at radius 1 is 1.10 bits per heavy atom. The Labute approximate surface area is 173 Å². The monoisotopic (exact) mass is 407 g/mol. The van der Waals surface area contributed by atoms with Gasteiger partial charge in [0.2, 0.25) is 11.6 Å². The molecule has 0 aliphatic rings. The number of aromatic nitrogens is 2. The average Bonchev–Trinajstić information content (AvgIpc) is 2.75. The molecule has 0 fully saturated rings. The molecule has 1 atom stereocenters. The smallest absolute Gasteiger partial charge is 0.353 e. The van der Waals surface area contributed by atoms with E-state index in [1.54, 1.807) is 31.2 Å². The number of rotatable bonds is 8. The van der Waals surface area contributed by atoms with Crippen molar-refractivity contribution in [2.75, 3.05) is 17.2 Å². The molecule has 0 saturated carbocycles. The minimum absolute atomic E-state index is 0.0329. The first kappa shape index (κ1) is 20.7. The minimum Gasteiger partial charge on any atom is -0.462 e. The first-order valence-corrected chi connectivity index (χ1v) is 9.35. The van der Waals surface area contributed by atoms with E-state index in [-0.39, 0.29) is 35.5 Å². The standard InChI is InChI=1S/C21H21N5O4/c1-3-30-21(27)16-11-7-8-12-17(16)25-20-18(26(28)29)19(22-13-23-20)24-14(2)15-9-5-4-6-10-15/h4-14H,3H2,1-2H3,(H2,22,23,24,25). The van der Waals surface area contributed by atoms with Crippen molar-refractivity contribution in [1.82, 2.24) is 9.97 Å². The Kier molecular flexibility index (Phi) is 6.53. The highest BCUT2D eigenvalue weighted by Gasteiger charge is 2.25. The molecule has 0 radical (unpaired) electrons. The van der Waals surface area contributed by atoms with Crippen molar-refractivity contribution in [3.8, 4) is 0 Å². The van der Waals surface area contributed by atoms with Crippen LogP contribution in [0.4, 0.5) is 23.0 Å². The number of para-hydroxylation sites is 1. The third-order valence-corrected chi connectivity index (χ3v) is 4.33. The summed E-state index contributed by atoms with van der Waals surface area (Å²) in [5.74, 6) is -0.495. The van der Waals surface area contributed by atoms with Gasteiger partial charge in [-0.3, -0.25) is 10.1 Å². The molecule has 0 aliphatic carbocycles. The number of hydrogen-bond acceptors (Lipinski definition) is 8. The second-order valence-electron chi connectivity index (χ2n) is 6.34. The average molecular weight is 407 g/mol. The van der Waals surface area contributed by atoms with Crippen molar-refractivity contribution in [1.29, 1.82) is 0 Å². The van der Waals surface area contributed by atoms with Gasteiger partial charge < -0.3 is 15.4 Å². The first-order valence-electron chi connectivity index (χ1n) is 9.35. The summed E-state index contributed by atoms with van der Waals surface area (Å²) >= 11 is 0. The number of carbonyl (C=O) groups is 1. The van der Waals surface area contributed by atoms with Gasteiger partial charge in [0.05, 0.1) is 28.8 Å². The van der Waals surface area contributed by atoms with Crippen LogP contribution in [0.15, 0.2) is 60.9 Å².